The van der Waals surface area contributed by atoms with Gasteiger partial charge in [-0.25, -0.2) is 22.7 Å². The molecular formula is C28H35F2N7O2S. The van der Waals surface area contributed by atoms with Crippen LogP contribution in [0.1, 0.15) is 44.1 Å². The molecule has 1 aromatic carbocycles. The van der Waals surface area contributed by atoms with E-state index in [1.807, 2.05) is 48.4 Å². The number of pyridine rings is 1. The Morgan fingerprint density at radius 2 is 1.68 bits per heavy atom. The van der Waals surface area contributed by atoms with Crippen LogP contribution in [0.5, 0.6) is 0 Å². The zero-order valence-electron chi connectivity index (χ0n) is 22.7. The number of aliphatic hydroxyl groups is 1. The molecule has 3 fully saturated rings. The molecule has 4 heterocycles. The second-order valence-electron chi connectivity index (χ2n) is 11.3. The van der Waals surface area contributed by atoms with Gasteiger partial charge in [-0.2, -0.15) is 0 Å². The summed E-state index contributed by atoms with van der Waals surface area (Å²) in [5.74, 6) is -1.79. The molecule has 2 aliphatic heterocycles. The zero-order chi connectivity index (χ0) is 27.9. The fourth-order valence-corrected chi connectivity index (χ4v) is 6.36. The first-order chi connectivity index (χ1) is 19.2. The maximum Gasteiger partial charge on any atom is 0.251 e. The van der Waals surface area contributed by atoms with E-state index in [4.69, 9.17) is 10.1 Å². The van der Waals surface area contributed by atoms with Gasteiger partial charge in [0.2, 0.25) is 0 Å². The number of benzene rings is 1. The third-order valence-corrected chi connectivity index (χ3v) is 9.40. The molecule has 1 aliphatic carbocycles. The van der Waals surface area contributed by atoms with E-state index in [0.717, 1.165) is 48.6 Å². The molecule has 9 nitrogen and oxygen atoms in total. The van der Waals surface area contributed by atoms with E-state index in [1.165, 1.54) is 12.8 Å². The van der Waals surface area contributed by atoms with Crippen LogP contribution >= 0.6 is 0 Å². The van der Waals surface area contributed by atoms with Gasteiger partial charge in [-0.1, -0.05) is 5.21 Å². The van der Waals surface area contributed by atoms with Gasteiger partial charge in [-0.3, -0.25) is 0 Å². The number of anilines is 3. The van der Waals surface area contributed by atoms with E-state index in [1.54, 1.807) is 4.68 Å². The van der Waals surface area contributed by atoms with Crippen molar-refractivity contribution >= 4 is 28.2 Å². The number of alkyl halides is 2. The molecule has 1 unspecified atom stereocenters. The number of aliphatic hydroxyl groups excluding tert-OH is 1. The van der Waals surface area contributed by atoms with E-state index in [2.05, 4.69) is 19.9 Å². The lowest BCUT2D eigenvalue weighted by Gasteiger charge is -2.35. The van der Waals surface area contributed by atoms with E-state index < -0.39 is 16.9 Å². The monoisotopic (exact) mass is 571 g/mol. The predicted octanol–water partition coefficient (Wildman–Crippen LogP) is 4.32. The van der Waals surface area contributed by atoms with Crippen molar-refractivity contribution in [2.24, 2.45) is 5.41 Å². The van der Waals surface area contributed by atoms with Crippen LogP contribution in [0.3, 0.4) is 0 Å². The highest BCUT2D eigenvalue weighted by Gasteiger charge is 2.44. The first-order valence-electron chi connectivity index (χ1n) is 13.9. The van der Waals surface area contributed by atoms with Gasteiger partial charge in [0, 0.05) is 44.7 Å². The maximum absolute atomic E-state index is 13.7. The van der Waals surface area contributed by atoms with Crippen molar-refractivity contribution < 1.29 is 18.1 Å². The fraction of sp³-hybridized carbons (Fsp3) is 0.536. The Balaban J connectivity index is 1.29. The molecule has 2 saturated heterocycles. The first kappa shape index (κ1) is 27.1. The number of piperidine rings is 2. The van der Waals surface area contributed by atoms with E-state index in [-0.39, 0.29) is 38.3 Å². The minimum Gasteiger partial charge on any atom is -0.395 e. The van der Waals surface area contributed by atoms with Crippen molar-refractivity contribution in [1.29, 1.82) is 0 Å². The first-order valence-corrected chi connectivity index (χ1v) is 15.2. The molecule has 1 saturated carbocycles. The number of hydrogen-bond donors (Lipinski definition) is 2. The van der Waals surface area contributed by atoms with Crippen molar-refractivity contribution in [3.8, 4) is 17.1 Å². The van der Waals surface area contributed by atoms with Gasteiger partial charge in [0.15, 0.2) is 0 Å². The molecule has 3 aromatic rings. The third-order valence-electron chi connectivity index (χ3n) is 8.38. The van der Waals surface area contributed by atoms with Crippen LogP contribution in [-0.4, -0.2) is 73.8 Å². The third kappa shape index (κ3) is 5.83. The van der Waals surface area contributed by atoms with E-state index >= 15 is 0 Å². The zero-order valence-corrected chi connectivity index (χ0v) is 23.5. The Hall–Kier alpha value is -3.12. The number of hydrogen-bond acceptors (Lipinski definition) is 7. The molecule has 12 heteroatoms. The summed E-state index contributed by atoms with van der Waals surface area (Å²) in [6.45, 7) is 4.22. The standard InChI is InChI=1S/C28H35F2N7O2S/c1-20-16-22(31-26(17-20)36-12-8-28(29,30)9-13-36)23-19-37(34-32-23)24-3-2-21(33-40(39)15-14-38)18-25(24)35-10-6-27(4-5-27)7-11-35/h2-3,16-19,33,38H,4-15H2,1H3. The molecule has 2 N–H and O–H groups in total. The average molecular weight is 572 g/mol. The summed E-state index contributed by atoms with van der Waals surface area (Å²) in [5, 5.41) is 18.0. The number of aryl methyl sites for hydroxylation is 1. The Kier molecular flexibility index (Phi) is 7.24. The summed E-state index contributed by atoms with van der Waals surface area (Å²) >= 11 is 0. The topological polar surface area (TPSA) is 99.4 Å². The number of rotatable bonds is 8. The van der Waals surface area contributed by atoms with Gasteiger partial charge in [0.1, 0.15) is 22.5 Å². The van der Waals surface area contributed by atoms with Crippen LogP contribution in [-0.2, 0) is 11.0 Å². The number of halogens is 2. The van der Waals surface area contributed by atoms with Crippen LogP contribution in [0, 0.1) is 12.3 Å². The van der Waals surface area contributed by atoms with E-state index in [0.29, 0.717) is 22.6 Å². The molecule has 1 spiro atoms. The van der Waals surface area contributed by atoms with E-state index in [9.17, 15) is 13.0 Å². The Morgan fingerprint density at radius 1 is 0.950 bits per heavy atom. The molecule has 1 atom stereocenters. The van der Waals surface area contributed by atoms with Crippen molar-refractivity contribution in [3.05, 3.63) is 42.1 Å². The van der Waals surface area contributed by atoms with Crippen molar-refractivity contribution in [3.63, 3.8) is 0 Å². The highest BCUT2D eigenvalue weighted by Crippen LogP contribution is 2.54. The quantitative estimate of drug-likeness (QED) is 0.416. The Morgan fingerprint density at radius 3 is 2.38 bits per heavy atom. The van der Waals surface area contributed by atoms with Gasteiger partial charge in [-0.05, 0) is 73.9 Å². The summed E-state index contributed by atoms with van der Waals surface area (Å²) in [6, 6.07) is 9.64. The van der Waals surface area contributed by atoms with Crippen LogP contribution in [0.2, 0.25) is 0 Å². The summed E-state index contributed by atoms with van der Waals surface area (Å²) in [6.07, 6.45) is 6.43. The SMILES string of the molecule is Cc1cc(-c2cn(-c3ccc(NS(=O)CCO)cc3N3CCC4(CC3)CC4)nn2)nc(N2CCC(F)(F)CC2)c1. The predicted molar refractivity (Wildman–Crippen MR) is 153 cm³/mol. The molecule has 0 amide bonds. The van der Waals surface area contributed by atoms with Gasteiger partial charge in [0.05, 0.1) is 35.6 Å². The second kappa shape index (κ2) is 10.7. The smallest absolute Gasteiger partial charge is 0.251 e. The lowest BCUT2D eigenvalue weighted by molar-refractivity contribution is -0.0221. The Bertz CT molecular complexity index is 1390. The normalized spacial score (nSPS) is 20.5. The van der Waals surface area contributed by atoms with Crippen molar-refractivity contribution in [2.75, 3.05) is 53.1 Å². The molecular weight excluding hydrogens is 536 g/mol. The van der Waals surface area contributed by atoms with Gasteiger partial charge < -0.3 is 19.6 Å². The number of aromatic nitrogens is 4. The van der Waals surface area contributed by atoms with Crippen LogP contribution in [0.4, 0.5) is 26.0 Å². The van der Waals surface area contributed by atoms with Gasteiger partial charge >= 0.3 is 0 Å². The van der Waals surface area contributed by atoms with Gasteiger partial charge in [-0.15, -0.1) is 5.10 Å². The fourth-order valence-electron chi connectivity index (χ4n) is 5.70. The second-order valence-corrected chi connectivity index (χ2v) is 12.6. The van der Waals surface area contributed by atoms with Crippen LogP contribution < -0.4 is 14.5 Å². The van der Waals surface area contributed by atoms with Crippen molar-refractivity contribution in [1.82, 2.24) is 20.0 Å². The minimum atomic E-state index is -2.61. The van der Waals surface area contributed by atoms with Crippen LogP contribution in [0.15, 0.2) is 36.5 Å². The van der Waals surface area contributed by atoms with Crippen LogP contribution in [0.25, 0.3) is 17.1 Å². The summed E-state index contributed by atoms with van der Waals surface area (Å²) in [4.78, 5) is 9.04. The summed E-state index contributed by atoms with van der Waals surface area (Å²) in [7, 11) is -1.38. The molecule has 214 valence electrons. The molecule has 2 aromatic heterocycles. The number of nitrogens with zero attached hydrogens (tertiary/aromatic N) is 6. The molecule has 0 bridgehead atoms. The Labute approximate surface area is 235 Å². The number of nitrogens with one attached hydrogen (secondary N) is 1. The summed E-state index contributed by atoms with van der Waals surface area (Å²) in [5.41, 5.74) is 5.29. The maximum atomic E-state index is 13.7. The lowest BCUT2D eigenvalue weighted by atomic mass is 9.93. The molecule has 6 rings (SSSR count). The van der Waals surface area contributed by atoms with Crippen molar-refractivity contribution in [2.45, 2.75) is 51.4 Å². The minimum absolute atomic E-state index is 0.153. The molecule has 3 aliphatic rings. The largest absolute Gasteiger partial charge is 0.395 e. The highest BCUT2D eigenvalue weighted by atomic mass is 32.2. The summed E-state index contributed by atoms with van der Waals surface area (Å²) < 4.78 is 44.4. The lowest BCUT2D eigenvalue weighted by Crippen LogP contribution is -2.39. The molecule has 40 heavy (non-hydrogen) atoms. The average Bonchev–Trinajstić information content (AvgIpc) is 3.49. The highest BCUT2D eigenvalue weighted by molar-refractivity contribution is 7.86. The van der Waals surface area contributed by atoms with Gasteiger partial charge in [0.25, 0.3) is 5.92 Å². The molecule has 0 radical (unpaired) electrons.